The number of rotatable bonds is 6. The highest BCUT2D eigenvalue weighted by Gasteiger charge is 2.80. The summed E-state index contributed by atoms with van der Waals surface area (Å²) in [6.45, 7) is 8.20. The average molecular weight is 640 g/mol. The van der Waals surface area contributed by atoms with Crippen LogP contribution in [-0.4, -0.2) is 56.4 Å². The number of aliphatic hydroxyl groups is 1. The van der Waals surface area contributed by atoms with Gasteiger partial charge < -0.3 is 34.8 Å². The molecule has 4 atom stereocenters. The molecule has 47 heavy (non-hydrogen) atoms. The third-order valence-corrected chi connectivity index (χ3v) is 9.60. The summed E-state index contributed by atoms with van der Waals surface area (Å²) in [5.41, 5.74) is 7.62. The van der Waals surface area contributed by atoms with Gasteiger partial charge in [-0.05, 0) is 50.5 Å². The second kappa shape index (κ2) is 10.3. The van der Waals surface area contributed by atoms with Gasteiger partial charge in [-0.15, -0.1) is 0 Å². The molecule has 0 radical (unpaired) electrons. The number of esters is 3. The van der Waals surface area contributed by atoms with Crippen LogP contribution in [0.25, 0.3) is 5.65 Å². The number of pyridine rings is 1. The number of fused-ring (bicyclic) bond motifs is 3. The molecule has 7 rings (SSSR count). The van der Waals surface area contributed by atoms with Gasteiger partial charge in [0.1, 0.15) is 0 Å². The Morgan fingerprint density at radius 1 is 1.02 bits per heavy atom. The van der Waals surface area contributed by atoms with Crippen molar-refractivity contribution in [2.75, 3.05) is 16.8 Å². The van der Waals surface area contributed by atoms with Crippen LogP contribution in [0.2, 0.25) is 0 Å². The number of primary amides is 1. The predicted octanol–water partition coefficient (Wildman–Crippen LogP) is 2.43. The summed E-state index contributed by atoms with van der Waals surface area (Å²) < 4.78 is 19.7. The number of hydrogen-bond acceptors (Lipinski definition) is 11. The van der Waals surface area contributed by atoms with E-state index in [0.717, 1.165) is 28.1 Å². The van der Waals surface area contributed by atoms with E-state index in [4.69, 9.17) is 24.9 Å². The summed E-state index contributed by atoms with van der Waals surface area (Å²) in [7, 11) is 0. The molecule has 3 fully saturated rings. The summed E-state index contributed by atoms with van der Waals surface area (Å²) in [4.78, 5) is 59.7. The molecule has 0 aliphatic carbocycles. The van der Waals surface area contributed by atoms with E-state index >= 15 is 0 Å². The smallest absolute Gasteiger partial charge is 0.391 e. The Hall–Kier alpha value is -5.43. The van der Waals surface area contributed by atoms with Crippen molar-refractivity contribution in [2.24, 2.45) is 11.7 Å². The van der Waals surface area contributed by atoms with E-state index in [0.29, 0.717) is 29.1 Å². The maximum atomic E-state index is 13.8. The van der Waals surface area contributed by atoms with E-state index in [1.54, 1.807) is 42.6 Å². The molecule has 1 spiro atoms. The second-order valence-electron chi connectivity index (χ2n) is 12.4. The molecular weight excluding hydrogens is 606 g/mol. The lowest BCUT2D eigenvalue weighted by Gasteiger charge is -2.61. The molecule has 2 bridgehead atoms. The SMILES string of the molecule is Cc1cccc(C)c1CNc1cc(N2CC3(c4ccccc4)OC(=O)CC4(O)C(=O)OC23OC(=O)C4C(N)=O)cn2c(C)c(C)nc12. The predicted molar refractivity (Wildman–Crippen MR) is 167 cm³/mol. The van der Waals surface area contributed by atoms with Crippen LogP contribution >= 0.6 is 0 Å². The quantitative estimate of drug-likeness (QED) is 0.209. The summed E-state index contributed by atoms with van der Waals surface area (Å²) in [5, 5.41) is 14.9. The molecule has 13 heteroatoms. The average Bonchev–Trinajstić information content (AvgIpc) is 3.26. The number of hydrogen-bond donors (Lipinski definition) is 3. The van der Waals surface area contributed by atoms with Crippen LogP contribution < -0.4 is 16.0 Å². The minimum Gasteiger partial charge on any atom is -0.441 e. The Labute approximate surface area is 269 Å². The van der Waals surface area contributed by atoms with Crippen LogP contribution in [-0.2, 0) is 45.5 Å². The number of carbonyl (C=O) groups excluding carboxylic acids is 4. The second-order valence-corrected chi connectivity index (χ2v) is 12.4. The van der Waals surface area contributed by atoms with Crippen LogP contribution in [0.1, 0.15) is 40.1 Å². The number of amides is 1. The van der Waals surface area contributed by atoms with E-state index in [1.807, 2.05) is 50.3 Å². The zero-order chi connectivity index (χ0) is 33.5. The Bertz CT molecular complexity index is 1990. The minimum atomic E-state index is -2.95. The largest absolute Gasteiger partial charge is 0.441 e. The van der Waals surface area contributed by atoms with Crippen LogP contribution in [0.3, 0.4) is 0 Å². The van der Waals surface area contributed by atoms with Gasteiger partial charge in [0.15, 0.2) is 17.2 Å². The number of ether oxygens (including phenoxy) is 3. The van der Waals surface area contributed by atoms with Gasteiger partial charge in [-0.2, -0.15) is 0 Å². The number of aromatic nitrogens is 2. The number of aryl methyl sites for hydroxylation is 4. The molecule has 4 N–H and O–H groups in total. The number of carbonyl (C=O) groups is 4. The molecule has 2 aromatic carbocycles. The summed E-state index contributed by atoms with van der Waals surface area (Å²) >= 11 is 0. The van der Waals surface area contributed by atoms with Gasteiger partial charge in [-0.3, -0.25) is 19.3 Å². The zero-order valence-electron chi connectivity index (χ0n) is 26.2. The third kappa shape index (κ3) is 4.22. The van der Waals surface area contributed by atoms with Gasteiger partial charge >= 0.3 is 23.8 Å². The minimum absolute atomic E-state index is 0.127. The van der Waals surface area contributed by atoms with E-state index in [-0.39, 0.29) is 6.54 Å². The maximum Gasteiger partial charge on any atom is 0.391 e. The maximum absolute atomic E-state index is 13.8. The lowest BCUT2D eigenvalue weighted by Crippen LogP contribution is -2.82. The molecular formula is C34H33N5O8. The van der Waals surface area contributed by atoms with E-state index in [2.05, 4.69) is 5.32 Å². The monoisotopic (exact) mass is 639 g/mol. The first-order valence-electron chi connectivity index (χ1n) is 15.1. The van der Waals surface area contributed by atoms with Crippen molar-refractivity contribution in [3.05, 3.63) is 94.4 Å². The van der Waals surface area contributed by atoms with Crippen molar-refractivity contribution in [2.45, 2.75) is 57.8 Å². The first kappa shape index (κ1) is 30.2. The standard InChI is InChI=1S/C34H33N5O8/c1-18-9-8-10-19(2)24(18)15-36-25-13-23(16-38-21(4)20(3)37-29(25)38)39-17-33(22-11-6-5-7-12-22)34(39)46-30(42)27(28(35)41)32(44,31(43)47-34)14-26(40)45-33/h5-13,16,27,36,44H,14-15,17H2,1-4H3,(H2,35,41). The first-order chi connectivity index (χ1) is 22.3. The molecule has 1 amide bonds. The highest BCUT2D eigenvalue weighted by Crippen LogP contribution is 2.57. The topological polar surface area (TPSA) is 175 Å². The molecule has 5 heterocycles. The number of imidazole rings is 1. The van der Waals surface area contributed by atoms with Crippen LogP contribution in [0.5, 0.6) is 0 Å². The van der Waals surface area contributed by atoms with Crippen molar-refractivity contribution in [1.29, 1.82) is 0 Å². The van der Waals surface area contributed by atoms with Gasteiger partial charge in [0.25, 0.3) is 5.60 Å². The molecule has 242 valence electrons. The van der Waals surface area contributed by atoms with Crippen molar-refractivity contribution in [3.8, 4) is 0 Å². The highest BCUT2D eigenvalue weighted by atomic mass is 16.8. The van der Waals surface area contributed by atoms with Gasteiger partial charge in [0.05, 0.1) is 30.0 Å². The lowest BCUT2D eigenvalue weighted by atomic mass is 9.79. The number of nitrogens with one attached hydrogen (secondary N) is 1. The van der Waals surface area contributed by atoms with Gasteiger partial charge in [-0.25, -0.2) is 9.78 Å². The number of nitrogens with zero attached hydrogens (tertiary/aromatic N) is 3. The molecule has 0 saturated carbocycles. The Morgan fingerprint density at radius 2 is 1.72 bits per heavy atom. The number of benzene rings is 2. The van der Waals surface area contributed by atoms with Crippen molar-refractivity contribution in [1.82, 2.24) is 9.38 Å². The Kier molecular flexibility index (Phi) is 6.62. The fraction of sp³-hybridized carbons (Fsp3) is 0.324. The van der Waals surface area contributed by atoms with E-state index in [9.17, 15) is 24.3 Å². The lowest BCUT2D eigenvalue weighted by molar-refractivity contribution is -0.338. The Balaban J connectivity index is 1.42. The summed E-state index contributed by atoms with van der Waals surface area (Å²) in [6, 6.07) is 16.2. The van der Waals surface area contributed by atoms with Crippen LogP contribution in [0.4, 0.5) is 11.4 Å². The Morgan fingerprint density at radius 3 is 2.40 bits per heavy atom. The van der Waals surface area contributed by atoms with Crippen LogP contribution in [0, 0.1) is 33.6 Å². The highest BCUT2D eigenvalue weighted by molar-refractivity contribution is 6.06. The number of nitrogens with two attached hydrogens (primary N) is 1. The molecule has 2 aromatic heterocycles. The van der Waals surface area contributed by atoms with Gasteiger partial charge in [-0.1, -0.05) is 48.5 Å². The fourth-order valence-electron chi connectivity index (χ4n) is 6.89. The van der Waals surface area contributed by atoms with E-state index < -0.39 is 53.3 Å². The van der Waals surface area contributed by atoms with Crippen molar-refractivity contribution < 1.29 is 38.5 Å². The molecule has 3 aliphatic rings. The number of anilines is 2. The normalized spacial score (nSPS) is 26.7. The first-order valence-corrected chi connectivity index (χ1v) is 15.1. The zero-order valence-corrected chi connectivity index (χ0v) is 26.2. The van der Waals surface area contributed by atoms with Crippen molar-refractivity contribution in [3.63, 3.8) is 0 Å². The summed E-state index contributed by atoms with van der Waals surface area (Å²) in [5.74, 6) is -9.85. The van der Waals surface area contributed by atoms with Gasteiger partial charge in [0, 0.05) is 24.0 Å². The fourth-order valence-corrected chi connectivity index (χ4v) is 6.89. The molecule has 4 unspecified atom stereocenters. The summed E-state index contributed by atoms with van der Waals surface area (Å²) in [6.07, 6.45) is 0.689. The third-order valence-electron chi connectivity index (χ3n) is 9.60. The molecule has 3 saturated heterocycles. The van der Waals surface area contributed by atoms with Gasteiger partial charge in [0.2, 0.25) is 5.91 Å². The van der Waals surface area contributed by atoms with Crippen molar-refractivity contribution >= 4 is 40.8 Å². The molecule has 4 aromatic rings. The molecule has 13 nitrogen and oxygen atoms in total. The van der Waals surface area contributed by atoms with Crippen LogP contribution in [0.15, 0.2) is 60.8 Å². The van der Waals surface area contributed by atoms with E-state index in [1.165, 1.54) is 4.90 Å². The molecule has 3 aliphatic heterocycles.